The molecule has 1 amide bonds. The van der Waals surface area contributed by atoms with Gasteiger partial charge in [0.1, 0.15) is 17.1 Å². The molecule has 1 aliphatic heterocycles. The van der Waals surface area contributed by atoms with E-state index in [-0.39, 0.29) is 11.7 Å². The molecule has 1 fully saturated rings. The number of carbonyl (C=O) groups excluding carboxylic acids is 1. The number of likely N-dealkylation sites (tertiary alicyclic amines) is 1. The Hall–Kier alpha value is -2.32. The van der Waals surface area contributed by atoms with Gasteiger partial charge in [-0.3, -0.25) is 9.48 Å². The average molecular weight is 328 g/mol. The van der Waals surface area contributed by atoms with E-state index in [2.05, 4.69) is 10.3 Å². The maximum atomic E-state index is 12.8. The first-order valence-corrected chi connectivity index (χ1v) is 7.13. The lowest BCUT2D eigenvalue weighted by atomic mass is 10.1. The monoisotopic (exact) mass is 328 g/mol. The summed E-state index contributed by atoms with van der Waals surface area (Å²) in [6.07, 6.45) is -3.11. The summed E-state index contributed by atoms with van der Waals surface area (Å²) in [7, 11) is 1.17. The number of aryl methyl sites for hydroxylation is 2. The molecule has 0 saturated carbocycles. The van der Waals surface area contributed by atoms with Crippen LogP contribution in [0.25, 0.3) is 0 Å². The molecule has 0 spiro atoms. The summed E-state index contributed by atoms with van der Waals surface area (Å²) in [6, 6.07) is 2.22. The van der Waals surface area contributed by atoms with Crippen LogP contribution in [0.3, 0.4) is 0 Å². The third kappa shape index (κ3) is 2.82. The zero-order valence-corrected chi connectivity index (χ0v) is 12.6. The van der Waals surface area contributed by atoms with Gasteiger partial charge in [0.05, 0.1) is 6.04 Å². The second kappa shape index (κ2) is 5.39. The number of rotatable bonds is 2. The zero-order valence-electron chi connectivity index (χ0n) is 12.6. The van der Waals surface area contributed by atoms with E-state index in [1.807, 2.05) is 0 Å². The van der Waals surface area contributed by atoms with Crippen LogP contribution in [0.5, 0.6) is 0 Å². The Labute approximate surface area is 129 Å². The van der Waals surface area contributed by atoms with Crippen LogP contribution < -0.4 is 0 Å². The molecule has 6 nitrogen and oxygen atoms in total. The summed E-state index contributed by atoms with van der Waals surface area (Å²) in [6.45, 7) is 2.19. The van der Waals surface area contributed by atoms with Gasteiger partial charge in [-0.05, 0) is 19.8 Å². The fourth-order valence-corrected chi connectivity index (χ4v) is 2.84. The maximum absolute atomic E-state index is 12.8. The molecule has 0 aromatic carbocycles. The highest BCUT2D eigenvalue weighted by Crippen LogP contribution is 2.34. The van der Waals surface area contributed by atoms with Gasteiger partial charge in [0.2, 0.25) is 0 Å². The Bertz CT molecular complexity index is 735. The van der Waals surface area contributed by atoms with E-state index >= 15 is 0 Å². The first kappa shape index (κ1) is 15.6. The third-order valence-corrected chi connectivity index (χ3v) is 3.89. The molecule has 1 saturated heterocycles. The van der Waals surface area contributed by atoms with Crippen LogP contribution in [0.2, 0.25) is 0 Å². The van der Waals surface area contributed by atoms with Gasteiger partial charge in [-0.15, -0.1) is 0 Å². The number of hydrogen-bond donors (Lipinski definition) is 0. The minimum absolute atomic E-state index is 0.216. The molecule has 23 heavy (non-hydrogen) atoms. The van der Waals surface area contributed by atoms with Crippen LogP contribution in [0.15, 0.2) is 16.7 Å². The van der Waals surface area contributed by atoms with Gasteiger partial charge in [0, 0.05) is 25.7 Å². The number of nitrogens with zero attached hydrogens (tertiary/aromatic N) is 4. The normalized spacial score (nSPS) is 18.7. The van der Waals surface area contributed by atoms with Crippen LogP contribution in [0.4, 0.5) is 13.2 Å². The summed E-state index contributed by atoms with van der Waals surface area (Å²) in [4.78, 5) is 14.1. The predicted octanol–water partition coefficient (Wildman–Crippen LogP) is 2.71. The molecule has 0 N–H and O–H groups in total. The molecule has 3 rings (SSSR count). The van der Waals surface area contributed by atoms with Crippen molar-refractivity contribution in [1.82, 2.24) is 19.8 Å². The summed E-state index contributed by atoms with van der Waals surface area (Å²) in [5.41, 5.74) is -0.554. The molecular formula is C14H15F3N4O2. The molecule has 0 aliphatic carbocycles. The largest absolute Gasteiger partial charge is 0.433 e. The van der Waals surface area contributed by atoms with Crippen molar-refractivity contribution in [3.8, 4) is 0 Å². The molecule has 0 bridgehead atoms. The Morgan fingerprint density at radius 3 is 2.70 bits per heavy atom. The van der Waals surface area contributed by atoms with Crippen molar-refractivity contribution in [3.63, 3.8) is 0 Å². The standard InChI is InChI=1S/C14H15F3N4O2/c1-8-6-9(19-23-8)11-4-3-5-21(11)13(22)10-7-12(14(15,16)17)20(2)18-10/h6-7,11H,3-5H2,1-2H3. The number of hydrogen-bond acceptors (Lipinski definition) is 4. The second-order valence-corrected chi connectivity index (χ2v) is 5.56. The van der Waals surface area contributed by atoms with Crippen molar-refractivity contribution in [2.24, 2.45) is 7.05 Å². The van der Waals surface area contributed by atoms with Crippen molar-refractivity contribution < 1.29 is 22.5 Å². The topological polar surface area (TPSA) is 64.2 Å². The number of aromatic nitrogens is 3. The lowest BCUT2D eigenvalue weighted by Gasteiger charge is -2.21. The van der Waals surface area contributed by atoms with E-state index in [1.54, 1.807) is 13.0 Å². The average Bonchev–Trinajstić information content (AvgIpc) is 3.15. The van der Waals surface area contributed by atoms with Gasteiger partial charge in [-0.1, -0.05) is 5.16 Å². The predicted molar refractivity (Wildman–Crippen MR) is 72.5 cm³/mol. The maximum Gasteiger partial charge on any atom is 0.433 e. The second-order valence-electron chi connectivity index (χ2n) is 5.56. The van der Waals surface area contributed by atoms with Crippen LogP contribution in [-0.2, 0) is 13.2 Å². The summed E-state index contributed by atoms with van der Waals surface area (Å²) in [5.74, 6) is 0.0933. The van der Waals surface area contributed by atoms with Gasteiger partial charge >= 0.3 is 6.18 Å². The van der Waals surface area contributed by atoms with E-state index in [4.69, 9.17) is 4.52 Å². The Morgan fingerprint density at radius 1 is 1.39 bits per heavy atom. The first-order valence-electron chi connectivity index (χ1n) is 7.13. The van der Waals surface area contributed by atoms with E-state index < -0.39 is 17.8 Å². The Balaban J connectivity index is 1.88. The Morgan fingerprint density at radius 2 is 2.13 bits per heavy atom. The van der Waals surface area contributed by atoms with E-state index in [0.717, 1.165) is 12.5 Å². The quantitative estimate of drug-likeness (QED) is 0.850. The number of alkyl halides is 3. The van der Waals surface area contributed by atoms with Crippen LogP contribution in [0.1, 0.15) is 46.5 Å². The number of amides is 1. The third-order valence-electron chi connectivity index (χ3n) is 3.89. The van der Waals surface area contributed by atoms with Gasteiger partial charge in [0.15, 0.2) is 5.69 Å². The molecule has 124 valence electrons. The van der Waals surface area contributed by atoms with Crippen molar-refractivity contribution in [2.75, 3.05) is 6.54 Å². The van der Waals surface area contributed by atoms with Gasteiger partial charge in [0.25, 0.3) is 5.91 Å². The fraction of sp³-hybridized carbons (Fsp3) is 0.500. The molecule has 1 aliphatic rings. The molecule has 0 radical (unpaired) electrons. The van der Waals surface area contributed by atoms with Gasteiger partial charge < -0.3 is 9.42 Å². The van der Waals surface area contributed by atoms with Crippen molar-refractivity contribution >= 4 is 5.91 Å². The summed E-state index contributed by atoms with van der Waals surface area (Å²) >= 11 is 0. The molecule has 9 heteroatoms. The van der Waals surface area contributed by atoms with Crippen molar-refractivity contribution in [1.29, 1.82) is 0 Å². The van der Waals surface area contributed by atoms with Gasteiger partial charge in [-0.25, -0.2) is 0 Å². The molecule has 2 aromatic rings. The smallest absolute Gasteiger partial charge is 0.361 e. The summed E-state index contributed by atoms with van der Waals surface area (Å²) in [5, 5.41) is 7.63. The number of halogens is 3. The molecule has 3 heterocycles. The molecular weight excluding hydrogens is 313 g/mol. The molecule has 2 aromatic heterocycles. The van der Waals surface area contributed by atoms with E-state index in [1.165, 1.54) is 11.9 Å². The lowest BCUT2D eigenvalue weighted by molar-refractivity contribution is -0.143. The van der Waals surface area contributed by atoms with Crippen LogP contribution in [0, 0.1) is 6.92 Å². The highest BCUT2D eigenvalue weighted by Gasteiger charge is 2.38. The van der Waals surface area contributed by atoms with Crippen LogP contribution in [-0.4, -0.2) is 32.3 Å². The fourth-order valence-electron chi connectivity index (χ4n) is 2.84. The number of carbonyl (C=O) groups is 1. The van der Waals surface area contributed by atoms with Crippen molar-refractivity contribution in [3.05, 3.63) is 35.0 Å². The minimum Gasteiger partial charge on any atom is -0.361 e. The molecule has 1 atom stereocenters. The SMILES string of the molecule is Cc1cc(C2CCCN2C(=O)c2cc(C(F)(F)F)n(C)n2)no1. The van der Waals surface area contributed by atoms with E-state index in [0.29, 0.717) is 29.1 Å². The first-order chi connectivity index (χ1) is 10.8. The van der Waals surface area contributed by atoms with E-state index in [9.17, 15) is 18.0 Å². The Kier molecular flexibility index (Phi) is 3.65. The summed E-state index contributed by atoms with van der Waals surface area (Å²) < 4.78 is 44.2. The van der Waals surface area contributed by atoms with Crippen molar-refractivity contribution in [2.45, 2.75) is 32.0 Å². The molecule has 1 unspecified atom stereocenters. The highest BCUT2D eigenvalue weighted by molar-refractivity contribution is 5.93. The van der Waals surface area contributed by atoms with Crippen LogP contribution >= 0.6 is 0 Å². The van der Waals surface area contributed by atoms with Gasteiger partial charge in [-0.2, -0.15) is 18.3 Å². The lowest BCUT2D eigenvalue weighted by Crippen LogP contribution is -2.31. The highest BCUT2D eigenvalue weighted by atomic mass is 19.4. The zero-order chi connectivity index (χ0) is 16.8. The minimum atomic E-state index is -4.55.